The molecule has 6 heteroatoms. The van der Waals surface area contributed by atoms with Gasteiger partial charge in [0.2, 0.25) is 5.91 Å². The summed E-state index contributed by atoms with van der Waals surface area (Å²) in [6, 6.07) is 8.54. The lowest BCUT2D eigenvalue weighted by Crippen LogP contribution is -2.44. The monoisotopic (exact) mass is 344 g/mol. The highest BCUT2D eigenvalue weighted by molar-refractivity contribution is 5.83. The van der Waals surface area contributed by atoms with Crippen LogP contribution in [0.2, 0.25) is 0 Å². The number of fused-ring (bicyclic) bond motifs is 1. The van der Waals surface area contributed by atoms with E-state index < -0.39 is 0 Å². The summed E-state index contributed by atoms with van der Waals surface area (Å²) in [5, 5.41) is 4.24. The first-order chi connectivity index (χ1) is 12.2. The summed E-state index contributed by atoms with van der Waals surface area (Å²) in [6.07, 6.45) is 3.35. The van der Waals surface area contributed by atoms with Gasteiger partial charge in [-0.1, -0.05) is 13.3 Å². The van der Waals surface area contributed by atoms with E-state index in [9.17, 15) is 4.79 Å². The molecule has 25 heavy (non-hydrogen) atoms. The number of hydrogen-bond donors (Lipinski definition) is 3. The van der Waals surface area contributed by atoms with E-state index in [1.54, 1.807) is 7.11 Å². The van der Waals surface area contributed by atoms with Gasteiger partial charge in [-0.3, -0.25) is 4.79 Å². The van der Waals surface area contributed by atoms with Crippen LogP contribution in [0.1, 0.15) is 51.3 Å². The summed E-state index contributed by atoms with van der Waals surface area (Å²) in [5.41, 5.74) is 8.97. The first-order valence-corrected chi connectivity index (χ1v) is 9.13. The van der Waals surface area contributed by atoms with Crippen LogP contribution < -0.4 is 20.9 Å². The molecular formula is C19H28N4O2. The molecule has 0 radical (unpaired) electrons. The standard InChI is InChI=1S/C19H28N4O2/c1-4-6-7-19(24)20-18-12-15(21-22-18)17-11-13-10-14(25-3)8-9-16(13)23(17)5-2/h8-11,15,18,21-22H,4-7,12H2,1-3H3,(H,20,24). The normalized spacial score (nSPS) is 20.1. The van der Waals surface area contributed by atoms with Gasteiger partial charge in [-0.05, 0) is 37.6 Å². The number of unbranched alkanes of at least 4 members (excludes halogenated alkanes) is 1. The molecule has 6 nitrogen and oxygen atoms in total. The number of nitrogens with zero attached hydrogens (tertiary/aromatic N) is 1. The van der Waals surface area contributed by atoms with Crippen LogP contribution in [0.4, 0.5) is 0 Å². The van der Waals surface area contributed by atoms with Gasteiger partial charge in [0.15, 0.2) is 0 Å². The summed E-state index contributed by atoms with van der Waals surface area (Å²) in [4.78, 5) is 11.9. The maximum atomic E-state index is 11.9. The number of aryl methyl sites for hydroxylation is 1. The Bertz CT molecular complexity index is 740. The van der Waals surface area contributed by atoms with E-state index in [2.05, 4.69) is 52.8 Å². The predicted molar refractivity (Wildman–Crippen MR) is 99.2 cm³/mol. The molecule has 1 aliphatic heterocycles. The largest absolute Gasteiger partial charge is 0.497 e. The fraction of sp³-hybridized carbons (Fsp3) is 0.526. The van der Waals surface area contributed by atoms with Gasteiger partial charge < -0.3 is 14.6 Å². The molecule has 2 unspecified atom stereocenters. The second-order valence-corrected chi connectivity index (χ2v) is 6.54. The molecule has 2 aromatic rings. The second-order valence-electron chi connectivity index (χ2n) is 6.54. The number of benzene rings is 1. The van der Waals surface area contributed by atoms with Crippen LogP contribution in [0.15, 0.2) is 24.3 Å². The summed E-state index contributed by atoms with van der Waals surface area (Å²) < 4.78 is 7.65. The molecule has 136 valence electrons. The van der Waals surface area contributed by atoms with E-state index >= 15 is 0 Å². The van der Waals surface area contributed by atoms with Crippen LogP contribution in [-0.4, -0.2) is 23.7 Å². The second kappa shape index (κ2) is 7.89. The molecule has 1 aromatic heterocycles. The average molecular weight is 344 g/mol. The van der Waals surface area contributed by atoms with Crippen LogP contribution >= 0.6 is 0 Å². The molecule has 3 rings (SSSR count). The Balaban J connectivity index is 1.75. The van der Waals surface area contributed by atoms with Crippen molar-refractivity contribution in [2.24, 2.45) is 0 Å². The van der Waals surface area contributed by atoms with Crippen LogP contribution in [0, 0.1) is 0 Å². The predicted octanol–water partition coefficient (Wildman–Crippen LogP) is 2.84. The molecule has 3 N–H and O–H groups in total. The van der Waals surface area contributed by atoms with Crippen molar-refractivity contribution in [2.75, 3.05) is 7.11 Å². The highest BCUT2D eigenvalue weighted by atomic mass is 16.5. The van der Waals surface area contributed by atoms with E-state index in [-0.39, 0.29) is 18.1 Å². The molecule has 1 saturated heterocycles. The summed E-state index contributed by atoms with van der Waals surface area (Å²) in [6.45, 7) is 5.15. The Kier molecular flexibility index (Phi) is 5.60. The van der Waals surface area contributed by atoms with E-state index in [4.69, 9.17) is 4.74 Å². The van der Waals surface area contributed by atoms with Crippen molar-refractivity contribution in [3.8, 4) is 5.75 Å². The van der Waals surface area contributed by atoms with Gasteiger partial charge in [0.1, 0.15) is 5.75 Å². The van der Waals surface area contributed by atoms with E-state index in [1.165, 1.54) is 16.6 Å². The number of methoxy groups -OCH3 is 1. The molecule has 2 atom stereocenters. The van der Waals surface area contributed by atoms with Gasteiger partial charge in [0.25, 0.3) is 0 Å². The average Bonchev–Trinajstić information content (AvgIpc) is 3.22. The quantitative estimate of drug-likeness (QED) is 0.722. The molecule has 0 bridgehead atoms. The number of hydrogen-bond acceptors (Lipinski definition) is 4. The van der Waals surface area contributed by atoms with E-state index in [0.717, 1.165) is 31.6 Å². The van der Waals surface area contributed by atoms with Crippen LogP contribution in [0.25, 0.3) is 10.9 Å². The Morgan fingerprint density at radius 1 is 1.32 bits per heavy atom. The molecule has 1 fully saturated rings. The van der Waals surface area contributed by atoms with Crippen molar-refractivity contribution in [3.63, 3.8) is 0 Å². The van der Waals surface area contributed by atoms with Crippen molar-refractivity contribution in [2.45, 2.75) is 58.3 Å². The van der Waals surface area contributed by atoms with E-state index in [1.807, 2.05) is 6.07 Å². The van der Waals surface area contributed by atoms with Crippen molar-refractivity contribution in [1.29, 1.82) is 0 Å². The lowest BCUT2D eigenvalue weighted by atomic mass is 10.1. The van der Waals surface area contributed by atoms with E-state index in [0.29, 0.717) is 6.42 Å². The Morgan fingerprint density at radius 2 is 2.16 bits per heavy atom. The topological polar surface area (TPSA) is 67.3 Å². The molecule has 0 saturated carbocycles. The number of carbonyl (C=O) groups excluding carboxylic acids is 1. The summed E-state index contributed by atoms with van der Waals surface area (Å²) in [7, 11) is 1.69. The van der Waals surface area contributed by atoms with Crippen molar-refractivity contribution >= 4 is 16.8 Å². The Morgan fingerprint density at radius 3 is 2.88 bits per heavy atom. The fourth-order valence-electron chi connectivity index (χ4n) is 3.49. The first-order valence-electron chi connectivity index (χ1n) is 9.13. The van der Waals surface area contributed by atoms with Crippen molar-refractivity contribution < 1.29 is 9.53 Å². The van der Waals surface area contributed by atoms with Gasteiger partial charge in [-0.25, -0.2) is 10.9 Å². The zero-order valence-electron chi connectivity index (χ0n) is 15.3. The van der Waals surface area contributed by atoms with Crippen molar-refractivity contribution in [3.05, 3.63) is 30.0 Å². The van der Waals surface area contributed by atoms with Crippen LogP contribution in [0.3, 0.4) is 0 Å². The zero-order chi connectivity index (χ0) is 17.8. The first kappa shape index (κ1) is 17.8. The summed E-state index contributed by atoms with van der Waals surface area (Å²) >= 11 is 0. The fourth-order valence-corrected chi connectivity index (χ4v) is 3.49. The molecule has 0 aliphatic carbocycles. The zero-order valence-corrected chi connectivity index (χ0v) is 15.3. The van der Waals surface area contributed by atoms with Gasteiger partial charge in [-0.2, -0.15) is 0 Å². The minimum absolute atomic E-state index is 0.0350. The number of aromatic nitrogens is 1. The molecular weight excluding hydrogens is 316 g/mol. The lowest BCUT2D eigenvalue weighted by Gasteiger charge is -2.14. The molecule has 0 spiro atoms. The molecule has 1 aromatic carbocycles. The number of ether oxygens (including phenoxy) is 1. The van der Waals surface area contributed by atoms with Gasteiger partial charge in [0.05, 0.1) is 19.3 Å². The highest BCUT2D eigenvalue weighted by Crippen LogP contribution is 2.30. The van der Waals surface area contributed by atoms with Crippen molar-refractivity contribution in [1.82, 2.24) is 20.7 Å². The third kappa shape index (κ3) is 3.80. The Hall–Kier alpha value is -2.05. The lowest BCUT2D eigenvalue weighted by molar-refractivity contribution is -0.122. The minimum Gasteiger partial charge on any atom is -0.497 e. The third-order valence-corrected chi connectivity index (χ3v) is 4.81. The molecule has 1 amide bonds. The maximum absolute atomic E-state index is 11.9. The molecule has 1 aliphatic rings. The number of rotatable bonds is 7. The van der Waals surface area contributed by atoms with Crippen LogP contribution in [0.5, 0.6) is 5.75 Å². The Labute approximate surface area is 148 Å². The highest BCUT2D eigenvalue weighted by Gasteiger charge is 2.28. The van der Waals surface area contributed by atoms with Gasteiger partial charge in [0, 0.05) is 36.0 Å². The smallest absolute Gasteiger partial charge is 0.221 e. The number of hydrazine groups is 1. The number of nitrogens with one attached hydrogen (secondary N) is 3. The minimum atomic E-state index is -0.0350. The number of carbonyl (C=O) groups is 1. The molecule has 2 heterocycles. The van der Waals surface area contributed by atoms with Crippen LogP contribution in [-0.2, 0) is 11.3 Å². The number of amides is 1. The van der Waals surface area contributed by atoms with Gasteiger partial charge >= 0.3 is 0 Å². The maximum Gasteiger partial charge on any atom is 0.221 e. The SMILES string of the molecule is CCCCC(=O)NC1CC(c2cc3cc(OC)ccc3n2CC)NN1. The van der Waals surface area contributed by atoms with Gasteiger partial charge in [-0.15, -0.1) is 0 Å². The third-order valence-electron chi connectivity index (χ3n) is 4.81. The summed E-state index contributed by atoms with van der Waals surface area (Å²) in [5.74, 6) is 0.980.